The van der Waals surface area contributed by atoms with Crippen molar-refractivity contribution in [2.75, 3.05) is 6.54 Å². The molecule has 0 saturated heterocycles. The SMILES string of the molecule is CC(C)NCC(F)(F)Cn1ccnn1. The summed E-state index contributed by atoms with van der Waals surface area (Å²) in [5, 5.41) is 9.63. The zero-order chi connectivity index (χ0) is 10.6. The van der Waals surface area contributed by atoms with Crippen molar-refractivity contribution in [1.29, 1.82) is 0 Å². The summed E-state index contributed by atoms with van der Waals surface area (Å²) in [6, 6.07) is 0.0524. The Labute approximate surface area is 81.3 Å². The van der Waals surface area contributed by atoms with Gasteiger partial charge in [0.05, 0.1) is 12.7 Å². The van der Waals surface area contributed by atoms with Gasteiger partial charge in [0.15, 0.2) is 0 Å². The first kappa shape index (κ1) is 11.0. The van der Waals surface area contributed by atoms with Crippen LogP contribution in [0.5, 0.6) is 0 Å². The zero-order valence-electron chi connectivity index (χ0n) is 8.24. The van der Waals surface area contributed by atoms with Crippen LogP contribution in [-0.4, -0.2) is 33.5 Å². The highest BCUT2D eigenvalue weighted by Crippen LogP contribution is 2.14. The second-order valence-corrected chi connectivity index (χ2v) is 3.49. The second kappa shape index (κ2) is 4.45. The van der Waals surface area contributed by atoms with Gasteiger partial charge in [-0.15, -0.1) is 5.10 Å². The van der Waals surface area contributed by atoms with Gasteiger partial charge < -0.3 is 5.32 Å². The molecule has 1 rings (SSSR count). The average molecular weight is 204 g/mol. The first-order valence-electron chi connectivity index (χ1n) is 4.45. The summed E-state index contributed by atoms with van der Waals surface area (Å²) in [6.07, 6.45) is 2.80. The van der Waals surface area contributed by atoms with E-state index in [2.05, 4.69) is 15.6 Å². The van der Waals surface area contributed by atoms with E-state index in [4.69, 9.17) is 0 Å². The predicted molar refractivity (Wildman–Crippen MR) is 48.1 cm³/mol. The fraction of sp³-hybridized carbons (Fsp3) is 0.750. The molecule has 80 valence electrons. The molecule has 0 amide bonds. The molecule has 0 fully saturated rings. The molecule has 1 N–H and O–H groups in total. The molecule has 6 heteroatoms. The molecule has 4 nitrogen and oxygen atoms in total. The normalized spacial score (nSPS) is 12.4. The molecule has 0 aromatic carbocycles. The molecule has 14 heavy (non-hydrogen) atoms. The summed E-state index contributed by atoms with van der Waals surface area (Å²) in [6.45, 7) is 2.87. The molecular weight excluding hydrogens is 190 g/mol. The molecule has 0 atom stereocenters. The summed E-state index contributed by atoms with van der Waals surface area (Å²) in [4.78, 5) is 0. The van der Waals surface area contributed by atoms with Crippen molar-refractivity contribution in [2.24, 2.45) is 0 Å². The monoisotopic (exact) mass is 204 g/mol. The van der Waals surface area contributed by atoms with E-state index in [9.17, 15) is 8.78 Å². The van der Waals surface area contributed by atoms with E-state index in [1.165, 1.54) is 12.4 Å². The fourth-order valence-electron chi connectivity index (χ4n) is 0.963. The molecule has 0 spiro atoms. The molecule has 1 aromatic rings. The molecule has 1 heterocycles. The predicted octanol–water partition coefficient (Wildman–Crippen LogP) is 0.911. The minimum atomic E-state index is -2.79. The number of hydrogen-bond donors (Lipinski definition) is 1. The van der Waals surface area contributed by atoms with Gasteiger partial charge in [-0.25, -0.2) is 13.5 Å². The number of nitrogens with zero attached hydrogens (tertiary/aromatic N) is 3. The average Bonchev–Trinajstić information content (AvgIpc) is 2.53. The topological polar surface area (TPSA) is 42.7 Å². The third-order valence-electron chi connectivity index (χ3n) is 1.63. The Bertz CT molecular complexity index is 258. The lowest BCUT2D eigenvalue weighted by Gasteiger charge is -2.18. The minimum absolute atomic E-state index is 0.0524. The summed E-state index contributed by atoms with van der Waals surface area (Å²) in [7, 11) is 0. The second-order valence-electron chi connectivity index (χ2n) is 3.49. The van der Waals surface area contributed by atoms with Crippen LogP contribution < -0.4 is 5.32 Å². The van der Waals surface area contributed by atoms with E-state index in [0.717, 1.165) is 4.68 Å². The highest BCUT2D eigenvalue weighted by molar-refractivity contribution is 4.74. The number of rotatable bonds is 5. The first-order chi connectivity index (χ1) is 6.49. The third kappa shape index (κ3) is 3.78. The van der Waals surface area contributed by atoms with Crippen LogP contribution in [0.3, 0.4) is 0 Å². The molecule has 1 aromatic heterocycles. The standard InChI is InChI=1S/C8H14F2N4/c1-7(2)11-5-8(9,10)6-14-4-3-12-13-14/h3-4,7,11H,5-6H2,1-2H3. The minimum Gasteiger partial charge on any atom is -0.309 e. The number of nitrogens with one attached hydrogen (secondary N) is 1. The number of alkyl halides is 2. The van der Waals surface area contributed by atoms with Gasteiger partial charge in [0.25, 0.3) is 5.92 Å². The first-order valence-corrected chi connectivity index (χ1v) is 4.45. The molecule has 0 aliphatic carbocycles. The Morgan fingerprint density at radius 3 is 2.71 bits per heavy atom. The Morgan fingerprint density at radius 1 is 1.50 bits per heavy atom. The van der Waals surface area contributed by atoms with Gasteiger partial charge in [-0.3, -0.25) is 0 Å². The molecule has 0 aliphatic heterocycles. The van der Waals surface area contributed by atoms with Crippen molar-refractivity contribution in [3.05, 3.63) is 12.4 Å². The molecule has 0 aliphatic rings. The third-order valence-corrected chi connectivity index (χ3v) is 1.63. The van der Waals surface area contributed by atoms with Crippen molar-refractivity contribution in [3.63, 3.8) is 0 Å². The maximum atomic E-state index is 13.2. The van der Waals surface area contributed by atoms with Crippen LogP contribution >= 0.6 is 0 Å². The lowest BCUT2D eigenvalue weighted by atomic mass is 10.3. The van der Waals surface area contributed by atoms with E-state index in [1.807, 2.05) is 13.8 Å². The van der Waals surface area contributed by atoms with Crippen molar-refractivity contribution >= 4 is 0 Å². The van der Waals surface area contributed by atoms with Gasteiger partial charge in [0, 0.05) is 12.2 Å². The number of aromatic nitrogens is 3. The highest BCUT2D eigenvalue weighted by Gasteiger charge is 2.29. The van der Waals surface area contributed by atoms with E-state index >= 15 is 0 Å². The van der Waals surface area contributed by atoms with E-state index in [0.29, 0.717) is 0 Å². The summed E-state index contributed by atoms with van der Waals surface area (Å²) in [5.41, 5.74) is 0. The van der Waals surface area contributed by atoms with Gasteiger partial charge >= 0.3 is 0 Å². The van der Waals surface area contributed by atoms with Crippen LogP contribution in [0.2, 0.25) is 0 Å². The van der Waals surface area contributed by atoms with Crippen LogP contribution in [-0.2, 0) is 6.54 Å². The Balaban J connectivity index is 2.41. The summed E-state index contributed by atoms with van der Waals surface area (Å²) >= 11 is 0. The molecule has 0 bridgehead atoms. The largest absolute Gasteiger partial charge is 0.309 e. The van der Waals surface area contributed by atoms with Gasteiger partial charge in [0.2, 0.25) is 0 Å². The molecular formula is C8H14F2N4. The fourth-order valence-corrected chi connectivity index (χ4v) is 0.963. The summed E-state index contributed by atoms with van der Waals surface area (Å²) in [5.74, 6) is -2.79. The quantitative estimate of drug-likeness (QED) is 0.775. The van der Waals surface area contributed by atoms with E-state index in [-0.39, 0.29) is 12.6 Å². The highest BCUT2D eigenvalue weighted by atomic mass is 19.3. The Hall–Kier alpha value is -1.04. The number of halogens is 2. The van der Waals surface area contributed by atoms with Crippen LogP contribution in [0.4, 0.5) is 8.78 Å². The number of hydrogen-bond acceptors (Lipinski definition) is 3. The van der Waals surface area contributed by atoms with Crippen LogP contribution in [0.1, 0.15) is 13.8 Å². The molecule has 0 radical (unpaired) electrons. The van der Waals surface area contributed by atoms with Crippen molar-refractivity contribution in [1.82, 2.24) is 20.3 Å². The van der Waals surface area contributed by atoms with Gasteiger partial charge in [-0.1, -0.05) is 19.1 Å². The van der Waals surface area contributed by atoms with E-state index < -0.39 is 12.5 Å². The molecule has 0 unspecified atom stereocenters. The maximum Gasteiger partial charge on any atom is 0.279 e. The van der Waals surface area contributed by atoms with Crippen LogP contribution in [0.15, 0.2) is 12.4 Å². The Kier molecular flexibility index (Phi) is 3.51. The van der Waals surface area contributed by atoms with Gasteiger partial charge in [0.1, 0.15) is 6.54 Å². The molecule has 0 saturated carbocycles. The lowest BCUT2D eigenvalue weighted by molar-refractivity contribution is -0.0198. The summed E-state index contributed by atoms with van der Waals surface area (Å²) < 4.78 is 27.5. The van der Waals surface area contributed by atoms with Crippen molar-refractivity contribution < 1.29 is 8.78 Å². The maximum absolute atomic E-state index is 13.2. The van der Waals surface area contributed by atoms with Crippen molar-refractivity contribution in [3.8, 4) is 0 Å². The smallest absolute Gasteiger partial charge is 0.279 e. The van der Waals surface area contributed by atoms with Gasteiger partial charge in [-0.2, -0.15) is 0 Å². The van der Waals surface area contributed by atoms with Crippen molar-refractivity contribution in [2.45, 2.75) is 32.4 Å². The van der Waals surface area contributed by atoms with Crippen LogP contribution in [0.25, 0.3) is 0 Å². The zero-order valence-corrected chi connectivity index (χ0v) is 8.24. The Morgan fingerprint density at radius 2 is 2.21 bits per heavy atom. The van der Waals surface area contributed by atoms with E-state index in [1.54, 1.807) is 0 Å². The van der Waals surface area contributed by atoms with Crippen LogP contribution in [0, 0.1) is 0 Å². The van der Waals surface area contributed by atoms with Gasteiger partial charge in [-0.05, 0) is 0 Å². The lowest BCUT2D eigenvalue weighted by Crippen LogP contribution is -2.39.